The van der Waals surface area contributed by atoms with Gasteiger partial charge in [-0.25, -0.2) is 9.59 Å². The first kappa shape index (κ1) is 18.5. The molecule has 0 unspecified atom stereocenters. The van der Waals surface area contributed by atoms with E-state index < -0.39 is 11.4 Å². The third-order valence-electron chi connectivity index (χ3n) is 4.63. The highest BCUT2D eigenvalue weighted by Gasteiger charge is 2.13. The Morgan fingerprint density at radius 2 is 1.82 bits per heavy atom. The Balaban J connectivity index is 1.57. The van der Waals surface area contributed by atoms with Crippen molar-refractivity contribution in [1.29, 1.82) is 0 Å². The van der Waals surface area contributed by atoms with Crippen molar-refractivity contribution in [1.82, 2.24) is 4.57 Å². The Labute approximate surface area is 169 Å². The molecule has 0 aliphatic carbocycles. The first-order valence-corrected chi connectivity index (χ1v) is 9.78. The van der Waals surface area contributed by atoms with Crippen LogP contribution in [0.4, 0.5) is 0 Å². The van der Waals surface area contributed by atoms with Crippen molar-refractivity contribution in [2.45, 2.75) is 19.9 Å². The van der Waals surface area contributed by atoms with Crippen LogP contribution in [-0.4, -0.2) is 11.2 Å². The smallest absolute Gasteiger partial charge is 0.422 e. The van der Waals surface area contributed by atoms with Gasteiger partial charge in [-0.2, -0.15) is 0 Å². The van der Waals surface area contributed by atoms with Gasteiger partial charge in [-0.3, -0.25) is 4.57 Å². The highest BCUT2D eigenvalue weighted by Crippen LogP contribution is 2.26. The molecule has 1 heterocycles. The normalized spacial score (nSPS) is 11.2. The highest BCUT2D eigenvalue weighted by molar-refractivity contribution is 9.10. The highest BCUT2D eigenvalue weighted by atomic mass is 79.9. The van der Waals surface area contributed by atoms with Crippen LogP contribution in [0, 0.1) is 6.92 Å². The number of hydrogen-bond acceptors (Lipinski definition) is 4. The summed E-state index contributed by atoms with van der Waals surface area (Å²) in [6.45, 7) is 2.70. The average Bonchev–Trinajstić information content (AvgIpc) is 2.67. The zero-order chi connectivity index (χ0) is 19.7. The molecule has 0 aliphatic heterocycles. The van der Waals surface area contributed by atoms with Crippen LogP contribution in [-0.2, 0) is 6.54 Å². The summed E-state index contributed by atoms with van der Waals surface area (Å²) in [5.41, 5.74) is 0.848. The fourth-order valence-electron chi connectivity index (χ4n) is 3.37. The number of fused-ring (bicyclic) bond motifs is 2. The van der Waals surface area contributed by atoms with Gasteiger partial charge in [-0.1, -0.05) is 36.4 Å². The van der Waals surface area contributed by atoms with Crippen molar-refractivity contribution in [3.05, 3.63) is 85.6 Å². The Morgan fingerprint density at radius 3 is 2.68 bits per heavy atom. The van der Waals surface area contributed by atoms with Crippen molar-refractivity contribution in [2.24, 2.45) is 0 Å². The molecule has 0 atom stereocenters. The lowest BCUT2D eigenvalue weighted by Gasteiger charge is -2.12. The molecule has 0 fully saturated rings. The summed E-state index contributed by atoms with van der Waals surface area (Å²) >= 11 is 3.47. The van der Waals surface area contributed by atoms with E-state index in [1.807, 2.05) is 55.5 Å². The van der Waals surface area contributed by atoms with Crippen molar-refractivity contribution >= 4 is 37.6 Å². The maximum atomic E-state index is 12.3. The van der Waals surface area contributed by atoms with Gasteiger partial charge in [0.2, 0.25) is 0 Å². The third kappa shape index (κ3) is 3.47. The number of rotatable bonds is 5. The Morgan fingerprint density at radius 1 is 1.04 bits per heavy atom. The minimum absolute atomic E-state index is 0.380. The van der Waals surface area contributed by atoms with Gasteiger partial charge in [0.05, 0.1) is 17.5 Å². The van der Waals surface area contributed by atoms with Crippen LogP contribution in [0.3, 0.4) is 0 Å². The molecule has 3 aromatic carbocycles. The molecule has 1 aromatic heterocycles. The average molecular weight is 440 g/mol. The monoisotopic (exact) mass is 439 g/mol. The number of halogens is 1. The standard InChI is InChI=1S/C22H18BrNO4/c1-14-12-17-20(18(23)13-14)24(22(26)28-21(17)25)10-5-11-27-19-9-4-7-15-6-2-3-8-16(15)19/h2-4,6-9,12-13H,5,10-11H2,1H3. The Bertz CT molecular complexity index is 1280. The van der Waals surface area contributed by atoms with Crippen LogP contribution < -0.4 is 16.1 Å². The predicted octanol–water partition coefficient (Wildman–Crippen LogP) is 4.65. The summed E-state index contributed by atoms with van der Waals surface area (Å²) in [4.78, 5) is 24.3. The molecule has 142 valence electrons. The van der Waals surface area contributed by atoms with Crippen LogP contribution in [0.25, 0.3) is 21.7 Å². The largest absolute Gasteiger partial charge is 0.493 e. The van der Waals surface area contributed by atoms with E-state index in [2.05, 4.69) is 15.9 Å². The van der Waals surface area contributed by atoms with E-state index in [1.54, 1.807) is 6.07 Å². The second-order valence-corrected chi connectivity index (χ2v) is 7.48. The minimum Gasteiger partial charge on any atom is -0.493 e. The van der Waals surface area contributed by atoms with Crippen molar-refractivity contribution in [2.75, 3.05) is 6.61 Å². The third-order valence-corrected chi connectivity index (χ3v) is 5.24. The molecule has 4 rings (SSSR count). The molecule has 0 saturated carbocycles. The van der Waals surface area contributed by atoms with Crippen molar-refractivity contribution in [3.8, 4) is 5.75 Å². The summed E-state index contributed by atoms with van der Waals surface area (Å²) in [7, 11) is 0. The van der Waals surface area contributed by atoms with Crippen LogP contribution in [0.15, 0.2) is 73.1 Å². The van der Waals surface area contributed by atoms with E-state index in [0.717, 1.165) is 22.1 Å². The van der Waals surface area contributed by atoms with E-state index >= 15 is 0 Å². The van der Waals surface area contributed by atoms with Gasteiger partial charge in [0.1, 0.15) is 5.75 Å². The van der Waals surface area contributed by atoms with E-state index in [9.17, 15) is 9.59 Å². The fourth-order valence-corrected chi connectivity index (χ4v) is 4.16. The summed E-state index contributed by atoms with van der Waals surface area (Å²) in [5.74, 6) is 0.152. The summed E-state index contributed by atoms with van der Waals surface area (Å²) in [6, 6.07) is 17.6. The van der Waals surface area contributed by atoms with E-state index in [0.29, 0.717) is 34.9 Å². The van der Waals surface area contributed by atoms with Gasteiger partial charge in [0.25, 0.3) is 0 Å². The Kier molecular flexibility index (Phi) is 5.05. The zero-order valence-electron chi connectivity index (χ0n) is 15.3. The molecule has 0 aliphatic rings. The SMILES string of the molecule is Cc1cc(Br)c2c(c1)c(=O)oc(=O)n2CCCOc1cccc2ccccc12. The first-order valence-electron chi connectivity index (χ1n) is 8.99. The first-order chi connectivity index (χ1) is 13.5. The van der Waals surface area contributed by atoms with Crippen molar-refractivity contribution in [3.63, 3.8) is 0 Å². The number of hydrogen-bond donors (Lipinski definition) is 0. The van der Waals surface area contributed by atoms with Gasteiger partial charge in [0, 0.05) is 16.4 Å². The van der Waals surface area contributed by atoms with Gasteiger partial charge >= 0.3 is 11.4 Å². The lowest BCUT2D eigenvalue weighted by atomic mass is 10.1. The molecular formula is C22H18BrNO4. The Hall–Kier alpha value is -2.86. The quantitative estimate of drug-likeness (QED) is 0.424. The molecule has 0 N–H and O–H groups in total. The summed E-state index contributed by atoms with van der Waals surface area (Å²) in [5, 5.41) is 2.56. The zero-order valence-corrected chi connectivity index (χ0v) is 16.9. The van der Waals surface area contributed by atoms with Crippen LogP contribution in [0.2, 0.25) is 0 Å². The maximum Gasteiger partial charge on any atom is 0.422 e. The minimum atomic E-state index is -0.660. The lowest BCUT2D eigenvalue weighted by molar-refractivity contribution is 0.299. The number of aromatic nitrogens is 1. The summed E-state index contributed by atoms with van der Waals surface area (Å²) in [6.07, 6.45) is 0.590. The van der Waals surface area contributed by atoms with E-state index in [1.165, 1.54) is 4.57 Å². The maximum absolute atomic E-state index is 12.3. The van der Waals surface area contributed by atoms with Crippen LogP contribution >= 0.6 is 15.9 Å². The summed E-state index contributed by atoms with van der Waals surface area (Å²) < 4.78 is 13.0. The molecule has 0 radical (unpaired) electrons. The number of ether oxygens (including phenoxy) is 1. The van der Waals surface area contributed by atoms with Gasteiger partial charge in [-0.05, 0) is 58.4 Å². The lowest BCUT2D eigenvalue weighted by Crippen LogP contribution is -2.26. The van der Waals surface area contributed by atoms with E-state index in [-0.39, 0.29) is 0 Å². The van der Waals surface area contributed by atoms with Gasteiger partial charge in [0.15, 0.2) is 0 Å². The second-order valence-electron chi connectivity index (χ2n) is 6.63. The second kappa shape index (κ2) is 7.64. The molecule has 6 heteroatoms. The number of aryl methyl sites for hydroxylation is 2. The topological polar surface area (TPSA) is 61.4 Å². The predicted molar refractivity (Wildman–Crippen MR) is 113 cm³/mol. The molecule has 28 heavy (non-hydrogen) atoms. The molecule has 5 nitrogen and oxygen atoms in total. The fraction of sp³-hybridized carbons (Fsp3) is 0.182. The van der Waals surface area contributed by atoms with E-state index in [4.69, 9.17) is 9.15 Å². The van der Waals surface area contributed by atoms with Gasteiger partial charge in [-0.15, -0.1) is 0 Å². The van der Waals surface area contributed by atoms with Crippen molar-refractivity contribution < 1.29 is 9.15 Å². The van der Waals surface area contributed by atoms with Gasteiger partial charge < -0.3 is 9.15 Å². The molecule has 4 aromatic rings. The molecule has 0 bridgehead atoms. The number of nitrogens with zero attached hydrogens (tertiary/aromatic N) is 1. The van der Waals surface area contributed by atoms with Crippen LogP contribution in [0.5, 0.6) is 5.75 Å². The van der Waals surface area contributed by atoms with Crippen LogP contribution in [0.1, 0.15) is 12.0 Å². The molecular weight excluding hydrogens is 422 g/mol. The number of benzene rings is 3. The molecule has 0 amide bonds. The molecule has 0 spiro atoms. The molecule has 0 saturated heterocycles.